The first-order valence-corrected chi connectivity index (χ1v) is 8.04. The normalized spacial score (nSPS) is 21.8. The van der Waals surface area contributed by atoms with Crippen molar-refractivity contribution in [2.24, 2.45) is 5.11 Å². The van der Waals surface area contributed by atoms with Crippen molar-refractivity contribution in [1.82, 2.24) is 10.3 Å². The third-order valence-corrected chi connectivity index (χ3v) is 4.83. The molecule has 1 saturated carbocycles. The van der Waals surface area contributed by atoms with Crippen molar-refractivity contribution >= 4 is 6.03 Å². The monoisotopic (exact) mass is 311 g/mol. The molecule has 0 aliphatic heterocycles. The quantitative estimate of drug-likeness (QED) is 0.387. The number of nitrogens with zero attached hydrogens (tertiary/aromatic N) is 4. The zero-order chi connectivity index (χ0) is 16.4. The van der Waals surface area contributed by atoms with Crippen molar-refractivity contribution in [3.8, 4) is 0 Å². The molecule has 23 heavy (non-hydrogen) atoms. The summed E-state index contributed by atoms with van der Waals surface area (Å²) in [4.78, 5) is 18.5. The number of carbonyl (C=O) groups excluding carboxylic acids is 1. The van der Waals surface area contributed by atoms with E-state index in [4.69, 9.17) is 5.53 Å². The third kappa shape index (κ3) is 3.37. The average Bonchev–Trinajstić information content (AvgIpc) is 3.27. The summed E-state index contributed by atoms with van der Waals surface area (Å²) in [5.74, 6) is 0.516. The topological polar surface area (TPSA) is 90.8 Å². The van der Waals surface area contributed by atoms with Gasteiger partial charge in [-0.15, -0.1) is 0 Å². The number of nitrogens with one attached hydrogen (secondary N) is 1. The van der Waals surface area contributed by atoms with Crippen molar-refractivity contribution in [1.29, 1.82) is 0 Å². The molecule has 1 unspecified atom stereocenters. The predicted molar refractivity (Wildman–Crippen MR) is 88.0 cm³/mol. The van der Waals surface area contributed by atoms with E-state index in [0.717, 1.165) is 43.5 Å². The molecule has 2 aliphatic rings. The van der Waals surface area contributed by atoms with Crippen LogP contribution in [0.3, 0.4) is 0 Å². The molecule has 0 bridgehead atoms. The number of azide groups is 1. The van der Waals surface area contributed by atoms with Crippen LogP contribution >= 0.6 is 0 Å². The SMILES string of the molecule is Cc1cc(C2CC=C(C3(NC(=O)N=[N+]=[N-])CC3)CC2)cc(C)n1. The molecule has 1 atom stereocenters. The Kier molecular flexibility index (Phi) is 4.09. The predicted octanol–water partition coefficient (Wildman–Crippen LogP) is 4.44. The number of hydrogen-bond acceptors (Lipinski definition) is 2. The van der Waals surface area contributed by atoms with Gasteiger partial charge in [-0.2, -0.15) is 0 Å². The van der Waals surface area contributed by atoms with Crippen LogP contribution in [0.2, 0.25) is 0 Å². The molecule has 1 heterocycles. The molecule has 6 heteroatoms. The Balaban J connectivity index is 1.71. The first-order valence-electron chi connectivity index (χ1n) is 8.04. The molecule has 6 nitrogen and oxygen atoms in total. The van der Waals surface area contributed by atoms with E-state index in [1.54, 1.807) is 0 Å². The minimum absolute atomic E-state index is 0.250. The highest BCUT2D eigenvalue weighted by molar-refractivity contribution is 5.77. The van der Waals surface area contributed by atoms with Crippen LogP contribution in [0.5, 0.6) is 0 Å². The van der Waals surface area contributed by atoms with Gasteiger partial charge in [0.05, 0.1) is 5.54 Å². The lowest BCUT2D eigenvalue weighted by Crippen LogP contribution is -2.37. The van der Waals surface area contributed by atoms with Gasteiger partial charge in [-0.05, 0) is 80.7 Å². The summed E-state index contributed by atoms with van der Waals surface area (Å²) in [5, 5.41) is 6.00. The van der Waals surface area contributed by atoms with Gasteiger partial charge in [0.25, 0.3) is 0 Å². The second kappa shape index (κ2) is 6.05. The number of amides is 2. The zero-order valence-corrected chi connectivity index (χ0v) is 13.5. The summed E-state index contributed by atoms with van der Waals surface area (Å²) in [6, 6.07) is 3.77. The maximum Gasteiger partial charge on any atom is 0.308 e. The number of pyridine rings is 1. The highest BCUT2D eigenvalue weighted by atomic mass is 16.2. The first kappa shape index (κ1) is 15.6. The van der Waals surface area contributed by atoms with Crippen LogP contribution in [0.25, 0.3) is 10.4 Å². The summed E-state index contributed by atoms with van der Waals surface area (Å²) in [7, 11) is 0. The number of aromatic nitrogens is 1. The van der Waals surface area contributed by atoms with Crippen LogP contribution in [0.15, 0.2) is 28.9 Å². The van der Waals surface area contributed by atoms with Crippen molar-refractivity contribution in [2.45, 2.75) is 57.4 Å². The van der Waals surface area contributed by atoms with E-state index in [0.29, 0.717) is 5.92 Å². The number of hydrogen-bond donors (Lipinski definition) is 1. The van der Waals surface area contributed by atoms with E-state index >= 15 is 0 Å². The molecule has 1 aromatic rings. The van der Waals surface area contributed by atoms with E-state index in [1.165, 1.54) is 11.1 Å². The molecule has 0 spiro atoms. The van der Waals surface area contributed by atoms with Crippen molar-refractivity contribution in [2.75, 3.05) is 0 Å². The van der Waals surface area contributed by atoms with Gasteiger partial charge in [0.1, 0.15) is 0 Å². The maximum atomic E-state index is 11.5. The Bertz CT molecular complexity index is 693. The van der Waals surface area contributed by atoms with Gasteiger partial charge in [0, 0.05) is 21.4 Å². The van der Waals surface area contributed by atoms with Crippen LogP contribution < -0.4 is 5.32 Å². The van der Waals surface area contributed by atoms with Crippen LogP contribution in [0, 0.1) is 13.8 Å². The average molecular weight is 311 g/mol. The fraction of sp³-hybridized carbons (Fsp3) is 0.529. The highest BCUT2D eigenvalue weighted by Gasteiger charge is 2.47. The maximum absolute atomic E-state index is 11.5. The summed E-state index contributed by atoms with van der Waals surface area (Å²) < 4.78 is 0. The highest BCUT2D eigenvalue weighted by Crippen LogP contribution is 2.47. The van der Waals surface area contributed by atoms with Gasteiger partial charge < -0.3 is 5.32 Å². The minimum atomic E-state index is -0.576. The lowest BCUT2D eigenvalue weighted by Gasteiger charge is -2.28. The van der Waals surface area contributed by atoms with Crippen molar-refractivity contribution < 1.29 is 4.79 Å². The number of carbonyl (C=O) groups is 1. The molecule has 0 aromatic carbocycles. The van der Waals surface area contributed by atoms with Crippen molar-refractivity contribution in [3.63, 3.8) is 0 Å². The van der Waals surface area contributed by atoms with E-state index in [1.807, 2.05) is 13.8 Å². The smallest absolute Gasteiger partial charge is 0.308 e. The molecule has 2 amide bonds. The number of rotatable bonds is 3. The molecule has 1 N–H and O–H groups in total. The lowest BCUT2D eigenvalue weighted by molar-refractivity contribution is 0.245. The summed E-state index contributed by atoms with van der Waals surface area (Å²) in [6.45, 7) is 4.07. The Hall–Kier alpha value is -2.33. The van der Waals surface area contributed by atoms with Crippen LogP contribution in [0.1, 0.15) is 55.0 Å². The van der Waals surface area contributed by atoms with E-state index < -0.39 is 6.03 Å². The number of urea groups is 1. The summed E-state index contributed by atoms with van der Waals surface area (Å²) in [5.41, 5.74) is 12.9. The Morgan fingerprint density at radius 2 is 2.09 bits per heavy atom. The van der Waals surface area contributed by atoms with E-state index in [-0.39, 0.29) is 5.54 Å². The van der Waals surface area contributed by atoms with E-state index in [9.17, 15) is 4.79 Å². The fourth-order valence-corrected chi connectivity index (χ4v) is 3.60. The van der Waals surface area contributed by atoms with Crippen LogP contribution in [-0.4, -0.2) is 16.6 Å². The largest absolute Gasteiger partial charge is 0.341 e. The lowest BCUT2D eigenvalue weighted by atomic mass is 9.81. The fourth-order valence-electron chi connectivity index (χ4n) is 3.60. The van der Waals surface area contributed by atoms with Crippen molar-refractivity contribution in [3.05, 3.63) is 51.2 Å². The van der Waals surface area contributed by atoms with Gasteiger partial charge >= 0.3 is 6.03 Å². The summed E-state index contributed by atoms with van der Waals surface area (Å²) in [6.07, 6.45) is 7.17. The summed E-state index contributed by atoms with van der Waals surface area (Å²) >= 11 is 0. The van der Waals surface area contributed by atoms with Gasteiger partial charge in [-0.25, -0.2) is 0 Å². The molecular formula is C17H21N5O. The number of allylic oxidation sites excluding steroid dienone is 1. The Morgan fingerprint density at radius 1 is 1.39 bits per heavy atom. The standard InChI is InChI=1S/C17H21N5O/c1-11-9-14(10-12(2)19-11)13-3-5-15(6-4-13)17(7-8-17)20-16(23)21-22-18/h5,9-10,13H,3-4,6-8H2,1-2H3,(H,20,23). The van der Waals surface area contributed by atoms with Crippen LogP contribution in [0.4, 0.5) is 4.79 Å². The van der Waals surface area contributed by atoms with Gasteiger partial charge in [-0.3, -0.25) is 9.78 Å². The molecule has 0 saturated heterocycles. The molecular weight excluding hydrogens is 290 g/mol. The zero-order valence-electron chi connectivity index (χ0n) is 13.5. The second-order valence-electron chi connectivity index (χ2n) is 6.59. The minimum Gasteiger partial charge on any atom is -0.341 e. The molecule has 0 radical (unpaired) electrons. The van der Waals surface area contributed by atoms with E-state index in [2.05, 4.69) is 38.5 Å². The molecule has 1 aromatic heterocycles. The van der Waals surface area contributed by atoms with Gasteiger partial charge in [0.15, 0.2) is 0 Å². The molecule has 120 valence electrons. The number of aryl methyl sites for hydroxylation is 2. The first-order chi connectivity index (χ1) is 11.0. The second-order valence-corrected chi connectivity index (χ2v) is 6.59. The van der Waals surface area contributed by atoms with Gasteiger partial charge in [0.2, 0.25) is 0 Å². The Labute approximate surface area is 135 Å². The third-order valence-electron chi connectivity index (χ3n) is 4.83. The molecule has 2 aliphatic carbocycles. The van der Waals surface area contributed by atoms with Gasteiger partial charge in [-0.1, -0.05) is 6.08 Å². The Morgan fingerprint density at radius 3 is 2.61 bits per heavy atom. The van der Waals surface area contributed by atoms with Crippen LogP contribution in [-0.2, 0) is 0 Å². The molecule has 1 fully saturated rings. The molecule has 3 rings (SSSR count).